The fraction of sp³-hybridized carbons (Fsp3) is 0.423. The van der Waals surface area contributed by atoms with Crippen molar-refractivity contribution in [2.24, 2.45) is 0 Å². The highest BCUT2D eigenvalue weighted by Crippen LogP contribution is 2.39. The molecule has 1 unspecified atom stereocenters. The van der Waals surface area contributed by atoms with Gasteiger partial charge in [0.15, 0.2) is 11.5 Å². The molecule has 3 aromatic rings. The van der Waals surface area contributed by atoms with Crippen LogP contribution in [0, 0.1) is 0 Å². The normalized spacial score (nSPS) is 18.8. The molecule has 5 rings (SSSR count). The zero-order valence-electron chi connectivity index (χ0n) is 21.4. The molecule has 1 aromatic heterocycles. The lowest BCUT2D eigenvalue weighted by Crippen LogP contribution is -2.41. The van der Waals surface area contributed by atoms with Gasteiger partial charge in [0.05, 0.1) is 23.7 Å². The molecule has 0 aliphatic carbocycles. The van der Waals surface area contributed by atoms with Gasteiger partial charge in [-0.05, 0) is 48.2 Å². The Kier molecular flexibility index (Phi) is 8.07. The van der Waals surface area contributed by atoms with Crippen LogP contribution in [-0.4, -0.2) is 61.1 Å². The number of hydrogen-bond acceptors (Lipinski definition) is 5. The molecule has 220 valence electrons. The van der Waals surface area contributed by atoms with Crippen LogP contribution >= 0.6 is 11.6 Å². The first kappa shape index (κ1) is 29.4. The van der Waals surface area contributed by atoms with Crippen molar-refractivity contribution in [1.82, 2.24) is 19.9 Å². The number of alkyl halides is 6. The highest BCUT2D eigenvalue weighted by Gasteiger charge is 2.39. The van der Waals surface area contributed by atoms with Crippen LogP contribution in [0.4, 0.5) is 32.2 Å². The third-order valence-corrected chi connectivity index (χ3v) is 8.77. The van der Waals surface area contributed by atoms with E-state index < -0.39 is 46.7 Å². The summed E-state index contributed by atoms with van der Waals surface area (Å²) in [7, 11) is -1.10. The number of likely N-dealkylation sites (tertiary alicyclic amines) is 1. The minimum atomic E-state index is -5.01. The van der Waals surface area contributed by atoms with Gasteiger partial charge in [-0.3, -0.25) is 9.00 Å². The van der Waals surface area contributed by atoms with E-state index in [0.717, 1.165) is 10.2 Å². The van der Waals surface area contributed by atoms with Gasteiger partial charge in [0.2, 0.25) is 0 Å². The zero-order chi connectivity index (χ0) is 29.5. The summed E-state index contributed by atoms with van der Waals surface area (Å²) >= 11 is 6.40. The zero-order valence-corrected chi connectivity index (χ0v) is 23.0. The fourth-order valence-corrected chi connectivity index (χ4v) is 6.53. The SMILES string of the molecule is O=C(c1nnn(Cc2cc(C(F)(F)F)cc(C(F)(F)F)c2)c1N1CCS(=O)CC1)N1CCCC1c1ccccc1Cl. The van der Waals surface area contributed by atoms with Crippen molar-refractivity contribution in [1.29, 1.82) is 0 Å². The first-order valence-electron chi connectivity index (χ1n) is 12.7. The van der Waals surface area contributed by atoms with Gasteiger partial charge >= 0.3 is 12.4 Å². The highest BCUT2D eigenvalue weighted by atomic mass is 35.5. The molecular formula is C26H24ClF6N5O2S. The van der Waals surface area contributed by atoms with Crippen molar-refractivity contribution in [3.8, 4) is 0 Å². The molecule has 0 bridgehead atoms. The van der Waals surface area contributed by atoms with Crippen LogP contribution in [0.5, 0.6) is 0 Å². The van der Waals surface area contributed by atoms with E-state index in [2.05, 4.69) is 10.3 Å². The van der Waals surface area contributed by atoms with Gasteiger partial charge in [-0.15, -0.1) is 5.10 Å². The van der Waals surface area contributed by atoms with Crippen LogP contribution < -0.4 is 4.90 Å². The molecule has 2 saturated heterocycles. The second-order valence-electron chi connectivity index (χ2n) is 9.85. The van der Waals surface area contributed by atoms with Crippen LogP contribution in [0.15, 0.2) is 42.5 Å². The van der Waals surface area contributed by atoms with Crippen molar-refractivity contribution in [2.45, 2.75) is 37.8 Å². The lowest BCUT2D eigenvalue weighted by atomic mass is 10.0. The minimum Gasteiger partial charge on any atom is -0.353 e. The second-order valence-corrected chi connectivity index (χ2v) is 11.9. The van der Waals surface area contributed by atoms with Crippen molar-refractivity contribution in [3.63, 3.8) is 0 Å². The van der Waals surface area contributed by atoms with Gasteiger partial charge in [0.25, 0.3) is 5.91 Å². The van der Waals surface area contributed by atoms with E-state index in [1.54, 1.807) is 21.9 Å². The van der Waals surface area contributed by atoms with Crippen molar-refractivity contribution < 1.29 is 35.3 Å². The molecule has 2 fully saturated rings. The van der Waals surface area contributed by atoms with Gasteiger partial charge in [0, 0.05) is 47.0 Å². The van der Waals surface area contributed by atoms with Crippen LogP contribution in [0.2, 0.25) is 5.02 Å². The number of nitrogens with zero attached hydrogens (tertiary/aromatic N) is 5. The summed E-state index contributed by atoms with van der Waals surface area (Å²) in [5.41, 5.74) is -2.54. The number of aromatic nitrogens is 3. The maximum atomic E-state index is 13.9. The minimum absolute atomic E-state index is 0.0584. The van der Waals surface area contributed by atoms with Gasteiger partial charge in [0.1, 0.15) is 0 Å². The van der Waals surface area contributed by atoms with Crippen molar-refractivity contribution in [2.75, 3.05) is 36.0 Å². The molecule has 15 heteroatoms. The van der Waals surface area contributed by atoms with E-state index in [1.165, 1.54) is 0 Å². The summed E-state index contributed by atoms with van der Waals surface area (Å²) in [5, 5.41) is 8.57. The topological polar surface area (TPSA) is 71.3 Å². The molecule has 0 saturated carbocycles. The Balaban J connectivity index is 1.54. The Morgan fingerprint density at radius 2 is 1.61 bits per heavy atom. The Bertz CT molecular complexity index is 1440. The molecule has 2 aliphatic heterocycles. The van der Waals surface area contributed by atoms with Crippen LogP contribution in [0.25, 0.3) is 0 Å². The summed E-state index contributed by atoms with van der Waals surface area (Å²) in [6.07, 6.45) is -8.68. The van der Waals surface area contributed by atoms with E-state index in [1.807, 2.05) is 12.1 Å². The highest BCUT2D eigenvalue weighted by molar-refractivity contribution is 7.85. The first-order valence-corrected chi connectivity index (χ1v) is 14.6. The third kappa shape index (κ3) is 6.22. The van der Waals surface area contributed by atoms with Crippen LogP contribution in [0.1, 0.15) is 51.6 Å². The van der Waals surface area contributed by atoms with Gasteiger partial charge in [-0.25, -0.2) is 4.68 Å². The summed E-state index contributed by atoms with van der Waals surface area (Å²) < 4.78 is 94.0. The second kappa shape index (κ2) is 11.3. The largest absolute Gasteiger partial charge is 0.416 e. The average Bonchev–Trinajstić information content (AvgIpc) is 3.56. The standard InChI is InChI=1S/C26H24ClF6N5O2S/c27-20-5-2-1-4-19(20)21-6-3-7-37(21)24(39)22-23(36-8-10-41(40)11-9-36)38(35-34-22)15-16-12-17(25(28,29)30)14-18(13-16)26(31,32)33/h1-2,4-5,12-14,21H,3,6-11,15H2. The van der Waals surface area contributed by atoms with Crippen LogP contribution in [-0.2, 0) is 29.7 Å². The number of rotatable bonds is 5. The molecular weight excluding hydrogens is 596 g/mol. The van der Waals surface area contributed by atoms with E-state index in [-0.39, 0.29) is 53.8 Å². The van der Waals surface area contributed by atoms with E-state index in [9.17, 15) is 35.3 Å². The smallest absolute Gasteiger partial charge is 0.353 e. The Morgan fingerprint density at radius 3 is 2.22 bits per heavy atom. The molecule has 1 amide bonds. The molecule has 7 nitrogen and oxygen atoms in total. The molecule has 2 aromatic carbocycles. The number of carbonyl (C=O) groups is 1. The summed E-state index contributed by atoms with van der Waals surface area (Å²) in [6, 6.07) is 8.09. The maximum absolute atomic E-state index is 13.9. The number of anilines is 1. The average molecular weight is 620 g/mol. The molecule has 0 spiro atoms. The van der Waals surface area contributed by atoms with Crippen molar-refractivity contribution >= 4 is 34.1 Å². The molecule has 41 heavy (non-hydrogen) atoms. The maximum Gasteiger partial charge on any atom is 0.416 e. The number of benzene rings is 2. The summed E-state index contributed by atoms with van der Waals surface area (Å²) in [6.45, 7) is 0.374. The van der Waals surface area contributed by atoms with E-state index >= 15 is 0 Å². The Hall–Kier alpha value is -3.13. The quantitative estimate of drug-likeness (QED) is 0.350. The number of carbonyl (C=O) groups excluding carboxylic acids is 1. The predicted octanol–water partition coefficient (Wildman–Crippen LogP) is 5.56. The third-order valence-electron chi connectivity index (χ3n) is 7.15. The van der Waals surface area contributed by atoms with Gasteiger partial charge < -0.3 is 9.80 Å². The molecule has 0 radical (unpaired) electrons. The van der Waals surface area contributed by atoms with Gasteiger partial charge in [-0.1, -0.05) is 35.0 Å². The lowest BCUT2D eigenvalue weighted by molar-refractivity contribution is -0.143. The van der Waals surface area contributed by atoms with E-state index in [0.29, 0.717) is 36.5 Å². The summed E-state index contributed by atoms with van der Waals surface area (Å²) in [4.78, 5) is 17.2. The van der Waals surface area contributed by atoms with Gasteiger partial charge in [-0.2, -0.15) is 26.3 Å². The summed E-state index contributed by atoms with van der Waals surface area (Å²) in [5.74, 6) is 0.210. The number of hydrogen-bond donors (Lipinski definition) is 0. The molecule has 2 aliphatic rings. The monoisotopic (exact) mass is 619 g/mol. The molecule has 1 atom stereocenters. The molecule has 0 N–H and O–H groups in total. The lowest BCUT2D eigenvalue weighted by Gasteiger charge is -2.30. The van der Waals surface area contributed by atoms with Crippen molar-refractivity contribution in [3.05, 3.63) is 75.4 Å². The fourth-order valence-electron chi connectivity index (χ4n) is 5.21. The number of halogens is 7. The van der Waals surface area contributed by atoms with Crippen LogP contribution in [0.3, 0.4) is 0 Å². The molecule has 3 heterocycles. The van der Waals surface area contributed by atoms with E-state index in [4.69, 9.17) is 11.6 Å². The predicted molar refractivity (Wildman–Crippen MR) is 140 cm³/mol. The number of amides is 1. The first-order chi connectivity index (χ1) is 19.3. The Morgan fingerprint density at radius 1 is 0.976 bits per heavy atom. The Labute approximate surface area is 238 Å².